The zero-order valence-corrected chi connectivity index (χ0v) is 16.2. The molecule has 0 amide bonds. The van der Waals surface area contributed by atoms with Gasteiger partial charge in [-0.15, -0.1) is 0 Å². The van der Waals surface area contributed by atoms with Crippen molar-refractivity contribution in [2.45, 2.75) is 75.6 Å². The summed E-state index contributed by atoms with van der Waals surface area (Å²) >= 11 is 0. The van der Waals surface area contributed by atoms with E-state index in [9.17, 15) is 48.3 Å². The van der Waals surface area contributed by atoms with Crippen LogP contribution in [0, 0.1) is 0 Å². The van der Waals surface area contributed by atoms with Crippen molar-refractivity contribution in [3.8, 4) is 0 Å². The molecule has 2 nitrogen and oxygen atoms in total. The molecule has 0 spiro atoms. The summed E-state index contributed by atoms with van der Waals surface area (Å²) in [6, 6.07) is -0.170. The van der Waals surface area contributed by atoms with Crippen molar-refractivity contribution in [2.75, 3.05) is 13.2 Å². The van der Waals surface area contributed by atoms with Crippen LogP contribution in [0.5, 0.6) is 0 Å². The van der Waals surface area contributed by atoms with Crippen LogP contribution >= 0.6 is 0 Å². The molecule has 0 unspecified atom stereocenters. The topological polar surface area (TPSA) is 18.5 Å². The third kappa shape index (κ3) is 5.10. The Balaban J connectivity index is 5.52. The second-order valence-corrected chi connectivity index (χ2v) is 9.52. The molecule has 0 heterocycles. The van der Waals surface area contributed by atoms with Crippen LogP contribution < -0.4 is 0 Å². The largest absolute Gasteiger partial charge is 0.460 e. The summed E-state index contributed by atoms with van der Waals surface area (Å²) in [6.07, 6.45) is -10.1. The molecule has 0 bridgehead atoms. The van der Waals surface area contributed by atoms with Gasteiger partial charge in [0.15, 0.2) is 0 Å². The lowest BCUT2D eigenvalue weighted by molar-refractivity contribution is -0.422. The zero-order chi connectivity index (χ0) is 22.7. The van der Waals surface area contributed by atoms with Crippen molar-refractivity contribution in [2.24, 2.45) is 0 Å². The first-order valence-electron chi connectivity index (χ1n) is 8.25. The Morgan fingerprint density at radius 2 is 1.07 bits per heavy atom. The lowest BCUT2D eigenvalue weighted by atomic mass is 9.95. The van der Waals surface area contributed by atoms with E-state index in [1.54, 1.807) is 20.8 Å². The van der Waals surface area contributed by atoms with Crippen LogP contribution in [0.2, 0.25) is 12.1 Å². The van der Waals surface area contributed by atoms with Gasteiger partial charge in [-0.1, -0.05) is 6.92 Å². The van der Waals surface area contributed by atoms with E-state index in [0.717, 1.165) is 0 Å². The summed E-state index contributed by atoms with van der Waals surface area (Å²) in [4.78, 5) is 0. The Morgan fingerprint density at radius 3 is 1.39 bits per heavy atom. The van der Waals surface area contributed by atoms with Crippen LogP contribution in [-0.2, 0) is 8.85 Å². The van der Waals surface area contributed by atoms with Crippen LogP contribution in [0.1, 0.15) is 33.6 Å². The maximum Gasteiger partial charge on any atom is 0.460 e. The van der Waals surface area contributed by atoms with E-state index in [1.165, 1.54) is 0 Å². The molecular weight excluding hydrogens is 437 g/mol. The monoisotopic (exact) mass is 458 g/mol. The van der Waals surface area contributed by atoms with E-state index in [4.69, 9.17) is 8.85 Å². The minimum Gasteiger partial charge on any atom is -0.394 e. The molecule has 0 saturated heterocycles. The number of alkyl halides is 11. The van der Waals surface area contributed by atoms with Gasteiger partial charge in [0, 0.05) is 19.6 Å². The molecule has 170 valence electrons. The lowest BCUT2D eigenvalue weighted by Gasteiger charge is -2.37. The zero-order valence-electron chi connectivity index (χ0n) is 15.2. The van der Waals surface area contributed by atoms with Gasteiger partial charge in [-0.3, -0.25) is 0 Å². The number of halogens is 11. The predicted molar refractivity (Wildman–Crippen MR) is 79.4 cm³/mol. The molecule has 28 heavy (non-hydrogen) atoms. The minimum absolute atomic E-state index is 0.0858. The number of rotatable bonds is 12. The van der Waals surface area contributed by atoms with E-state index < -0.39 is 51.3 Å². The van der Waals surface area contributed by atoms with Gasteiger partial charge in [-0.05, 0) is 32.4 Å². The van der Waals surface area contributed by atoms with Crippen molar-refractivity contribution in [3.63, 3.8) is 0 Å². The number of hydrogen-bond donors (Lipinski definition) is 0. The molecule has 0 radical (unpaired) electrons. The van der Waals surface area contributed by atoms with E-state index >= 15 is 0 Å². The fourth-order valence-corrected chi connectivity index (χ4v) is 5.34. The van der Waals surface area contributed by atoms with E-state index in [1.807, 2.05) is 0 Å². The molecule has 0 rings (SSSR count). The van der Waals surface area contributed by atoms with Gasteiger partial charge < -0.3 is 8.85 Å². The highest BCUT2D eigenvalue weighted by Gasteiger charge is 2.86. The van der Waals surface area contributed by atoms with Gasteiger partial charge in [-0.2, -0.15) is 48.3 Å². The second kappa shape index (κ2) is 9.02. The SMILES string of the molecule is CCO[Si](CC)(CCCC(F)(F)C(F)(F)C(F)(F)C(F)(F)C(F)(F)F)OCC. The highest BCUT2D eigenvalue weighted by Crippen LogP contribution is 2.58. The summed E-state index contributed by atoms with van der Waals surface area (Å²) in [7, 11) is -3.13. The normalized spacial score (nSPS) is 15.2. The summed E-state index contributed by atoms with van der Waals surface area (Å²) in [5.41, 5.74) is 0. The van der Waals surface area contributed by atoms with Gasteiger partial charge in [0.1, 0.15) is 0 Å². The van der Waals surface area contributed by atoms with E-state index in [2.05, 4.69) is 0 Å². The van der Waals surface area contributed by atoms with Crippen LogP contribution in [0.15, 0.2) is 0 Å². The molecule has 0 fully saturated rings. The molecule has 0 aromatic heterocycles. The standard InChI is InChI=1S/C14H21F11O2Si/c1-4-26-28(6-3,27-5-2)9-7-8-10(15,16)11(17,18)12(19,20)13(21,22)14(23,24)25/h4-9H2,1-3H3. The summed E-state index contributed by atoms with van der Waals surface area (Å²) < 4.78 is 153. The first kappa shape index (κ1) is 27.4. The van der Waals surface area contributed by atoms with E-state index in [-0.39, 0.29) is 25.3 Å². The highest BCUT2D eigenvalue weighted by molar-refractivity contribution is 6.67. The van der Waals surface area contributed by atoms with Crippen LogP contribution in [0.4, 0.5) is 48.3 Å². The van der Waals surface area contributed by atoms with Gasteiger partial charge in [0.25, 0.3) is 0 Å². The predicted octanol–water partition coefficient (Wildman–Crippen LogP) is 6.41. The fraction of sp³-hybridized carbons (Fsp3) is 1.00. The molecule has 0 saturated carbocycles. The Hall–Kier alpha value is -0.633. The van der Waals surface area contributed by atoms with Gasteiger partial charge in [-0.25, -0.2) is 0 Å². The summed E-state index contributed by atoms with van der Waals surface area (Å²) in [6.45, 7) is 4.81. The molecule has 0 N–H and O–H groups in total. The first-order chi connectivity index (χ1) is 12.4. The molecule has 0 aromatic rings. The highest BCUT2D eigenvalue weighted by atomic mass is 28.4. The molecule has 0 aromatic carbocycles. The van der Waals surface area contributed by atoms with Crippen LogP contribution in [0.3, 0.4) is 0 Å². The van der Waals surface area contributed by atoms with Crippen molar-refractivity contribution in [1.29, 1.82) is 0 Å². The third-order valence-corrected chi connectivity index (χ3v) is 7.83. The lowest BCUT2D eigenvalue weighted by Crippen LogP contribution is -2.66. The molecular formula is C14H21F11O2Si. The van der Waals surface area contributed by atoms with Gasteiger partial charge in [0.05, 0.1) is 0 Å². The third-order valence-electron chi connectivity index (χ3n) is 4.01. The van der Waals surface area contributed by atoms with Crippen molar-refractivity contribution in [3.05, 3.63) is 0 Å². The van der Waals surface area contributed by atoms with Crippen LogP contribution in [0.25, 0.3) is 0 Å². The summed E-state index contributed by atoms with van der Waals surface area (Å²) in [5, 5.41) is 0. The van der Waals surface area contributed by atoms with Crippen molar-refractivity contribution < 1.29 is 57.1 Å². The Labute approximate surface area is 155 Å². The maximum atomic E-state index is 13.7. The Bertz CT molecular complexity index is 488. The Morgan fingerprint density at radius 1 is 0.643 bits per heavy atom. The minimum atomic E-state index is -7.36. The fourth-order valence-electron chi connectivity index (χ4n) is 2.43. The van der Waals surface area contributed by atoms with Gasteiger partial charge in [0.2, 0.25) is 0 Å². The average molecular weight is 458 g/mol. The molecule has 0 atom stereocenters. The summed E-state index contributed by atoms with van der Waals surface area (Å²) in [5.74, 6) is -27.5. The molecule has 0 aliphatic rings. The molecule has 14 heteroatoms. The molecule has 0 aliphatic carbocycles. The van der Waals surface area contributed by atoms with Crippen LogP contribution in [-0.4, -0.2) is 51.6 Å². The number of hydrogen-bond acceptors (Lipinski definition) is 2. The van der Waals surface area contributed by atoms with E-state index in [0.29, 0.717) is 0 Å². The maximum absolute atomic E-state index is 13.7. The quantitative estimate of drug-likeness (QED) is 0.249. The first-order valence-corrected chi connectivity index (χ1v) is 10.5. The smallest absolute Gasteiger partial charge is 0.394 e. The molecule has 0 aliphatic heterocycles. The second-order valence-electron chi connectivity index (χ2n) is 5.91. The van der Waals surface area contributed by atoms with Crippen molar-refractivity contribution in [1.82, 2.24) is 0 Å². The van der Waals surface area contributed by atoms with Gasteiger partial charge >= 0.3 is 38.4 Å². The van der Waals surface area contributed by atoms with Crippen molar-refractivity contribution >= 4 is 8.56 Å². The Kier molecular flexibility index (Phi) is 8.82. The average Bonchev–Trinajstić information content (AvgIpc) is 2.53.